The van der Waals surface area contributed by atoms with Gasteiger partial charge in [-0.2, -0.15) is 0 Å². The van der Waals surface area contributed by atoms with Gasteiger partial charge in [-0.1, -0.05) is 13.3 Å². The first-order valence-electron chi connectivity index (χ1n) is 7.33. The SMILES string of the molecule is CCCC1CCC(O)CC1N(CC(F)F)C1CC1. The molecule has 106 valence electrons. The third-order valence-corrected chi connectivity index (χ3v) is 4.38. The molecule has 2 aliphatic carbocycles. The molecule has 4 heteroatoms. The van der Waals surface area contributed by atoms with E-state index in [-0.39, 0.29) is 18.7 Å². The van der Waals surface area contributed by atoms with Crippen LogP contribution in [0.25, 0.3) is 0 Å². The molecule has 2 saturated carbocycles. The highest BCUT2D eigenvalue weighted by Gasteiger charge is 2.40. The molecule has 0 aliphatic heterocycles. The predicted molar refractivity (Wildman–Crippen MR) is 67.8 cm³/mol. The van der Waals surface area contributed by atoms with Gasteiger partial charge in [0.05, 0.1) is 12.6 Å². The summed E-state index contributed by atoms with van der Waals surface area (Å²) in [4.78, 5) is 2.01. The number of rotatable bonds is 6. The lowest BCUT2D eigenvalue weighted by Crippen LogP contribution is -2.48. The smallest absolute Gasteiger partial charge is 0.251 e. The molecule has 0 amide bonds. The molecule has 3 unspecified atom stereocenters. The number of aliphatic hydroxyl groups excluding tert-OH is 1. The first-order chi connectivity index (χ1) is 8.61. The molecular weight excluding hydrogens is 236 g/mol. The van der Waals surface area contributed by atoms with Gasteiger partial charge < -0.3 is 5.11 Å². The minimum absolute atomic E-state index is 0.109. The zero-order valence-electron chi connectivity index (χ0n) is 11.2. The van der Waals surface area contributed by atoms with Gasteiger partial charge in [-0.05, 0) is 44.4 Å². The van der Waals surface area contributed by atoms with E-state index >= 15 is 0 Å². The van der Waals surface area contributed by atoms with Crippen molar-refractivity contribution in [3.63, 3.8) is 0 Å². The number of halogens is 2. The molecule has 2 fully saturated rings. The molecule has 2 nitrogen and oxygen atoms in total. The third kappa shape index (κ3) is 3.64. The Morgan fingerprint density at radius 2 is 1.94 bits per heavy atom. The van der Waals surface area contributed by atoms with Crippen molar-refractivity contribution in [3.8, 4) is 0 Å². The summed E-state index contributed by atoms with van der Waals surface area (Å²) in [5, 5.41) is 9.84. The van der Waals surface area contributed by atoms with Gasteiger partial charge >= 0.3 is 0 Å². The lowest BCUT2D eigenvalue weighted by atomic mass is 9.79. The number of hydrogen-bond acceptors (Lipinski definition) is 2. The van der Waals surface area contributed by atoms with Crippen LogP contribution in [-0.2, 0) is 0 Å². The van der Waals surface area contributed by atoms with Crippen molar-refractivity contribution in [1.29, 1.82) is 0 Å². The molecule has 0 aromatic rings. The second-order valence-electron chi connectivity index (χ2n) is 5.90. The van der Waals surface area contributed by atoms with Gasteiger partial charge in [-0.3, -0.25) is 4.90 Å². The van der Waals surface area contributed by atoms with Crippen molar-refractivity contribution in [3.05, 3.63) is 0 Å². The van der Waals surface area contributed by atoms with Gasteiger partial charge in [0.1, 0.15) is 0 Å². The highest BCUT2D eigenvalue weighted by molar-refractivity contribution is 4.94. The molecule has 0 bridgehead atoms. The molecule has 2 rings (SSSR count). The Morgan fingerprint density at radius 3 is 2.50 bits per heavy atom. The summed E-state index contributed by atoms with van der Waals surface area (Å²) in [6, 6.07) is 0.531. The molecule has 1 N–H and O–H groups in total. The zero-order chi connectivity index (χ0) is 13.1. The zero-order valence-corrected chi connectivity index (χ0v) is 11.2. The summed E-state index contributed by atoms with van der Waals surface area (Å²) in [5.74, 6) is 0.498. The maximum atomic E-state index is 12.7. The Morgan fingerprint density at radius 1 is 1.22 bits per heavy atom. The lowest BCUT2D eigenvalue weighted by molar-refractivity contribution is -0.00904. The van der Waals surface area contributed by atoms with Crippen LogP contribution in [0, 0.1) is 5.92 Å². The molecule has 0 saturated heterocycles. The van der Waals surface area contributed by atoms with Gasteiger partial charge in [0.15, 0.2) is 0 Å². The molecule has 2 aliphatic rings. The molecular formula is C14H25F2NO. The molecule has 18 heavy (non-hydrogen) atoms. The summed E-state index contributed by atoms with van der Waals surface area (Å²) in [6.07, 6.45) is 4.29. The number of nitrogens with zero attached hydrogens (tertiary/aromatic N) is 1. The molecule has 3 atom stereocenters. The van der Waals surface area contributed by atoms with E-state index in [2.05, 4.69) is 6.92 Å². The van der Waals surface area contributed by atoms with E-state index in [0.717, 1.165) is 38.5 Å². The first-order valence-corrected chi connectivity index (χ1v) is 7.33. The maximum Gasteiger partial charge on any atom is 0.251 e. The second kappa shape index (κ2) is 6.29. The fourth-order valence-corrected chi connectivity index (χ4v) is 3.42. The Bertz CT molecular complexity index is 258. The van der Waals surface area contributed by atoms with Crippen LogP contribution >= 0.6 is 0 Å². The summed E-state index contributed by atoms with van der Waals surface area (Å²) in [7, 11) is 0. The van der Waals surface area contributed by atoms with Crippen LogP contribution in [0.1, 0.15) is 51.9 Å². The number of alkyl halides is 2. The van der Waals surface area contributed by atoms with Crippen molar-refractivity contribution >= 4 is 0 Å². The van der Waals surface area contributed by atoms with Crippen molar-refractivity contribution in [2.45, 2.75) is 76.5 Å². The Balaban J connectivity index is 2.03. The van der Waals surface area contributed by atoms with Crippen molar-refractivity contribution < 1.29 is 13.9 Å². The minimum Gasteiger partial charge on any atom is -0.393 e. The summed E-state index contributed by atoms with van der Waals surface area (Å²) < 4.78 is 25.5. The van der Waals surface area contributed by atoms with Crippen molar-refractivity contribution in [1.82, 2.24) is 4.90 Å². The van der Waals surface area contributed by atoms with Crippen LogP contribution in [0.4, 0.5) is 8.78 Å². The van der Waals surface area contributed by atoms with Gasteiger partial charge in [-0.15, -0.1) is 0 Å². The van der Waals surface area contributed by atoms with E-state index in [1.807, 2.05) is 4.90 Å². The van der Waals surface area contributed by atoms with E-state index < -0.39 is 6.43 Å². The van der Waals surface area contributed by atoms with Gasteiger partial charge in [0.2, 0.25) is 0 Å². The standard InChI is InChI=1S/C14H25F2NO/c1-2-3-10-4-7-12(18)8-13(10)17(9-14(15)16)11-5-6-11/h10-14,18H,2-9H2,1H3. The van der Waals surface area contributed by atoms with Gasteiger partial charge in [0.25, 0.3) is 6.43 Å². The fourth-order valence-electron chi connectivity index (χ4n) is 3.42. The van der Waals surface area contributed by atoms with E-state index in [1.54, 1.807) is 0 Å². The summed E-state index contributed by atoms with van der Waals surface area (Å²) in [5.41, 5.74) is 0. The minimum atomic E-state index is -2.26. The van der Waals surface area contributed by atoms with E-state index in [4.69, 9.17) is 0 Å². The summed E-state index contributed by atoms with van der Waals surface area (Å²) >= 11 is 0. The quantitative estimate of drug-likeness (QED) is 0.794. The molecule has 0 aromatic heterocycles. The Labute approximate surface area is 108 Å². The van der Waals surface area contributed by atoms with Crippen LogP contribution in [0.5, 0.6) is 0 Å². The van der Waals surface area contributed by atoms with Crippen LogP contribution in [-0.4, -0.2) is 41.2 Å². The highest BCUT2D eigenvalue weighted by Crippen LogP contribution is 2.38. The molecule has 0 radical (unpaired) electrons. The predicted octanol–water partition coefficient (Wildman–Crippen LogP) is 3.05. The average molecular weight is 261 g/mol. The normalized spacial score (nSPS) is 33.3. The molecule has 0 aromatic carbocycles. The molecule has 0 heterocycles. The van der Waals surface area contributed by atoms with Crippen molar-refractivity contribution in [2.75, 3.05) is 6.54 Å². The lowest BCUT2D eigenvalue weighted by Gasteiger charge is -2.42. The second-order valence-corrected chi connectivity index (χ2v) is 5.90. The van der Waals surface area contributed by atoms with Crippen LogP contribution in [0.2, 0.25) is 0 Å². The topological polar surface area (TPSA) is 23.5 Å². The Kier molecular flexibility index (Phi) is 4.96. The number of hydrogen-bond donors (Lipinski definition) is 1. The van der Waals surface area contributed by atoms with Gasteiger partial charge in [-0.25, -0.2) is 8.78 Å². The van der Waals surface area contributed by atoms with Crippen molar-refractivity contribution in [2.24, 2.45) is 5.92 Å². The van der Waals surface area contributed by atoms with Crippen LogP contribution < -0.4 is 0 Å². The Hall–Kier alpha value is -0.220. The van der Waals surface area contributed by atoms with E-state index in [1.165, 1.54) is 0 Å². The summed E-state index contributed by atoms with van der Waals surface area (Å²) in [6.45, 7) is 2.04. The maximum absolute atomic E-state index is 12.7. The largest absolute Gasteiger partial charge is 0.393 e. The van der Waals surface area contributed by atoms with Gasteiger partial charge in [0, 0.05) is 12.1 Å². The average Bonchev–Trinajstić information content (AvgIpc) is 3.12. The van der Waals surface area contributed by atoms with E-state index in [0.29, 0.717) is 18.4 Å². The third-order valence-electron chi connectivity index (χ3n) is 4.38. The fraction of sp³-hybridized carbons (Fsp3) is 1.00. The highest BCUT2D eigenvalue weighted by atomic mass is 19.3. The first kappa shape index (κ1) is 14.2. The van der Waals surface area contributed by atoms with Crippen LogP contribution in [0.3, 0.4) is 0 Å². The monoisotopic (exact) mass is 261 g/mol. The van der Waals surface area contributed by atoms with E-state index in [9.17, 15) is 13.9 Å². The van der Waals surface area contributed by atoms with Crippen LogP contribution in [0.15, 0.2) is 0 Å². The molecule has 0 spiro atoms. The number of aliphatic hydroxyl groups is 1.